The van der Waals surface area contributed by atoms with Gasteiger partial charge in [0.05, 0.1) is 16.8 Å². The molecule has 3 atom stereocenters. The third-order valence-electron chi connectivity index (χ3n) is 11.8. The number of benzene rings is 7. The lowest BCUT2D eigenvalue weighted by atomic mass is 9.65. The SMILES string of the molecule is C1=CC2c3ccccc3C3(c4ccccc4-c4ccc(-c5cc(-c6ccc(-c7ccccc7)cc6)nc(-c6ccc7ccccc7c6)n5)cc43)C2C=C1. The molecule has 0 N–H and O–H groups in total. The van der Waals surface area contributed by atoms with Gasteiger partial charge in [0.1, 0.15) is 0 Å². The zero-order valence-corrected chi connectivity index (χ0v) is 29.0. The van der Waals surface area contributed by atoms with E-state index in [-0.39, 0.29) is 11.3 Å². The van der Waals surface area contributed by atoms with E-state index in [9.17, 15) is 0 Å². The van der Waals surface area contributed by atoms with Gasteiger partial charge < -0.3 is 0 Å². The Balaban J connectivity index is 1.12. The van der Waals surface area contributed by atoms with E-state index in [0.29, 0.717) is 5.92 Å². The highest BCUT2D eigenvalue weighted by atomic mass is 14.9. The van der Waals surface area contributed by atoms with E-state index in [4.69, 9.17) is 9.97 Å². The largest absolute Gasteiger partial charge is 0.228 e. The van der Waals surface area contributed by atoms with Crippen LogP contribution >= 0.6 is 0 Å². The number of allylic oxidation sites excluding steroid dienone is 4. The van der Waals surface area contributed by atoms with Crippen molar-refractivity contribution in [2.75, 3.05) is 0 Å². The first-order valence-electron chi connectivity index (χ1n) is 18.5. The Morgan fingerprint density at radius 3 is 1.89 bits per heavy atom. The molecule has 3 unspecified atom stereocenters. The van der Waals surface area contributed by atoms with E-state index in [0.717, 1.165) is 33.9 Å². The van der Waals surface area contributed by atoms with Crippen molar-refractivity contribution in [3.63, 3.8) is 0 Å². The van der Waals surface area contributed by atoms with Gasteiger partial charge >= 0.3 is 0 Å². The fourth-order valence-electron chi connectivity index (χ4n) is 9.43. The Hall–Kier alpha value is -6.64. The van der Waals surface area contributed by atoms with Crippen LogP contribution < -0.4 is 0 Å². The number of nitrogens with zero attached hydrogens (tertiary/aromatic N) is 2. The topological polar surface area (TPSA) is 25.8 Å². The van der Waals surface area contributed by atoms with Gasteiger partial charge in [0.15, 0.2) is 5.82 Å². The van der Waals surface area contributed by atoms with Gasteiger partial charge in [-0.1, -0.05) is 176 Å². The van der Waals surface area contributed by atoms with Crippen LogP contribution in [0.4, 0.5) is 0 Å². The molecule has 248 valence electrons. The van der Waals surface area contributed by atoms with E-state index < -0.39 is 0 Å². The molecule has 3 aliphatic carbocycles. The quantitative estimate of drug-likeness (QED) is 0.186. The number of hydrogen-bond donors (Lipinski definition) is 0. The Labute approximate surface area is 309 Å². The van der Waals surface area contributed by atoms with Crippen LogP contribution in [0.5, 0.6) is 0 Å². The fourth-order valence-corrected chi connectivity index (χ4v) is 9.43. The maximum atomic E-state index is 5.35. The molecule has 1 heterocycles. The molecule has 0 saturated heterocycles. The zero-order chi connectivity index (χ0) is 34.9. The van der Waals surface area contributed by atoms with E-state index in [1.54, 1.807) is 0 Å². The average molecular weight is 675 g/mol. The van der Waals surface area contributed by atoms with E-state index in [1.165, 1.54) is 55.3 Å². The van der Waals surface area contributed by atoms with Crippen molar-refractivity contribution in [1.82, 2.24) is 9.97 Å². The summed E-state index contributed by atoms with van der Waals surface area (Å²) < 4.78 is 0. The van der Waals surface area contributed by atoms with Crippen LogP contribution in [0.25, 0.3) is 66.9 Å². The lowest BCUT2D eigenvalue weighted by Gasteiger charge is -2.36. The summed E-state index contributed by atoms with van der Waals surface area (Å²) in [5.74, 6) is 1.32. The van der Waals surface area contributed by atoms with Crippen molar-refractivity contribution in [3.8, 4) is 56.2 Å². The van der Waals surface area contributed by atoms with Crippen molar-refractivity contribution in [2.45, 2.75) is 11.3 Å². The van der Waals surface area contributed by atoms with Crippen LogP contribution in [0, 0.1) is 5.92 Å². The molecule has 2 nitrogen and oxygen atoms in total. The normalized spacial score (nSPS) is 18.9. The first-order valence-corrected chi connectivity index (χ1v) is 18.5. The van der Waals surface area contributed by atoms with Gasteiger partial charge in [0.25, 0.3) is 0 Å². The monoisotopic (exact) mass is 674 g/mol. The molecule has 7 aromatic carbocycles. The van der Waals surface area contributed by atoms with Crippen LogP contribution in [0.15, 0.2) is 194 Å². The molecule has 2 heteroatoms. The Morgan fingerprint density at radius 2 is 1.02 bits per heavy atom. The zero-order valence-electron chi connectivity index (χ0n) is 29.0. The molecule has 0 aliphatic heterocycles. The summed E-state index contributed by atoms with van der Waals surface area (Å²) in [6, 6.07) is 61.7. The molecule has 1 spiro atoms. The summed E-state index contributed by atoms with van der Waals surface area (Å²) in [5.41, 5.74) is 15.3. The van der Waals surface area contributed by atoms with Crippen LogP contribution in [-0.2, 0) is 5.41 Å². The Bertz CT molecular complexity index is 2790. The predicted molar refractivity (Wildman–Crippen MR) is 218 cm³/mol. The predicted octanol–water partition coefficient (Wildman–Crippen LogP) is 12.5. The van der Waals surface area contributed by atoms with Crippen molar-refractivity contribution >= 4 is 10.8 Å². The number of hydrogen-bond acceptors (Lipinski definition) is 2. The van der Waals surface area contributed by atoms with Gasteiger partial charge in [-0.15, -0.1) is 0 Å². The second kappa shape index (κ2) is 11.7. The highest BCUT2D eigenvalue weighted by Gasteiger charge is 2.56. The Kier molecular flexibility index (Phi) is 6.63. The molecule has 0 bridgehead atoms. The highest BCUT2D eigenvalue weighted by Crippen LogP contribution is 2.65. The van der Waals surface area contributed by atoms with Crippen LogP contribution in [0.2, 0.25) is 0 Å². The molecule has 0 saturated carbocycles. The highest BCUT2D eigenvalue weighted by molar-refractivity contribution is 5.89. The van der Waals surface area contributed by atoms with Gasteiger partial charge in [-0.25, -0.2) is 9.97 Å². The molecule has 1 aromatic heterocycles. The van der Waals surface area contributed by atoms with E-state index in [1.807, 2.05) is 0 Å². The summed E-state index contributed by atoms with van der Waals surface area (Å²) in [6.45, 7) is 0. The van der Waals surface area contributed by atoms with E-state index >= 15 is 0 Å². The summed E-state index contributed by atoms with van der Waals surface area (Å²) >= 11 is 0. The first-order chi connectivity index (χ1) is 26.3. The Morgan fingerprint density at radius 1 is 0.396 bits per heavy atom. The second-order valence-corrected chi connectivity index (χ2v) is 14.5. The third-order valence-corrected chi connectivity index (χ3v) is 11.8. The van der Waals surface area contributed by atoms with Crippen molar-refractivity contribution < 1.29 is 0 Å². The molecule has 3 aliphatic rings. The van der Waals surface area contributed by atoms with E-state index in [2.05, 4.69) is 194 Å². The van der Waals surface area contributed by atoms with Gasteiger partial charge in [0, 0.05) is 28.5 Å². The molecular weight excluding hydrogens is 641 g/mol. The summed E-state index contributed by atoms with van der Waals surface area (Å²) in [7, 11) is 0. The first kappa shape index (κ1) is 30.0. The van der Waals surface area contributed by atoms with Crippen molar-refractivity contribution in [1.29, 1.82) is 0 Å². The standard InChI is InChI=1S/C51H34N2/c1-2-12-33(13-3-1)35-22-25-36(26-23-35)48-32-49(53-50(52-48)39-27-24-34-14-4-5-15-37(34)30-39)38-28-29-43-42-18-8-11-21-46(42)51(47(43)31-38)44-19-9-6-16-40(44)41-17-7-10-20-45(41)51/h1-32,40,44H. The summed E-state index contributed by atoms with van der Waals surface area (Å²) in [4.78, 5) is 10.6. The summed E-state index contributed by atoms with van der Waals surface area (Å²) in [6.07, 6.45) is 9.31. The maximum Gasteiger partial charge on any atom is 0.160 e. The fraction of sp³-hybridized carbons (Fsp3) is 0.0588. The van der Waals surface area contributed by atoms with Crippen LogP contribution in [0.3, 0.4) is 0 Å². The maximum absolute atomic E-state index is 5.35. The summed E-state index contributed by atoms with van der Waals surface area (Å²) in [5, 5.41) is 2.38. The van der Waals surface area contributed by atoms with Gasteiger partial charge in [0.2, 0.25) is 0 Å². The lowest BCUT2D eigenvalue weighted by Crippen LogP contribution is -2.33. The minimum Gasteiger partial charge on any atom is -0.228 e. The van der Waals surface area contributed by atoms with Crippen LogP contribution in [0.1, 0.15) is 28.2 Å². The molecule has 53 heavy (non-hydrogen) atoms. The average Bonchev–Trinajstić information content (AvgIpc) is 3.71. The smallest absolute Gasteiger partial charge is 0.160 e. The molecule has 11 rings (SSSR count). The molecular formula is C51H34N2. The number of rotatable bonds is 4. The minimum absolute atomic E-state index is 0.278. The molecule has 0 fully saturated rings. The van der Waals surface area contributed by atoms with Crippen molar-refractivity contribution in [3.05, 3.63) is 216 Å². The van der Waals surface area contributed by atoms with Crippen molar-refractivity contribution in [2.24, 2.45) is 5.92 Å². The third kappa shape index (κ3) is 4.52. The number of aromatic nitrogens is 2. The van der Waals surface area contributed by atoms with Gasteiger partial charge in [-0.3, -0.25) is 0 Å². The van der Waals surface area contributed by atoms with Gasteiger partial charge in [-0.2, -0.15) is 0 Å². The molecule has 0 amide bonds. The molecule has 0 radical (unpaired) electrons. The minimum atomic E-state index is -0.297. The second-order valence-electron chi connectivity index (χ2n) is 14.5. The lowest BCUT2D eigenvalue weighted by molar-refractivity contribution is 0.465. The number of fused-ring (bicyclic) bond motifs is 11. The van der Waals surface area contributed by atoms with Gasteiger partial charge in [-0.05, 0) is 73.5 Å². The molecule has 8 aromatic rings. The van der Waals surface area contributed by atoms with Crippen LogP contribution in [-0.4, -0.2) is 9.97 Å².